The van der Waals surface area contributed by atoms with Gasteiger partial charge in [-0.25, -0.2) is 4.39 Å². The van der Waals surface area contributed by atoms with Crippen LogP contribution in [0.15, 0.2) is 24.3 Å². The summed E-state index contributed by atoms with van der Waals surface area (Å²) in [6.45, 7) is 2.14. The van der Waals surface area contributed by atoms with Crippen LogP contribution < -0.4 is 0 Å². The summed E-state index contributed by atoms with van der Waals surface area (Å²) in [5.74, 6) is 0.0332. The molecular formula is C10H13FO. The summed E-state index contributed by atoms with van der Waals surface area (Å²) in [4.78, 5) is 0. The summed E-state index contributed by atoms with van der Waals surface area (Å²) < 4.78 is 12.5. The molecule has 0 aromatic heterocycles. The Kier molecular flexibility index (Phi) is 3.23. The molecule has 0 heterocycles. The fourth-order valence-electron chi connectivity index (χ4n) is 1.09. The molecule has 1 nitrogen and oxygen atoms in total. The van der Waals surface area contributed by atoms with Crippen LogP contribution in [0.5, 0.6) is 0 Å². The minimum Gasteiger partial charge on any atom is -0.396 e. The van der Waals surface area contributed by atoms with Gasteiger partial charge in [0.2, 0.25) is 0 Å². The monoisotopic (exact) mass is 168 g/mol. The summed E-state index contributed by atoms with van der Waals surface area (Å²) in [5.41, 5.74) is 1.07. The average molecular weight is 168 g/mol. The second-order valence-corrected chi connectivity index (χ2v) is 3.12. The van der Waals surface area contributed by atoms with Gasteiger partial charge in [0.25, 0.3) is 0 Å². The first-order valence-corrected chi connectivity index (χ1v) is 4.07. The summed E-state index contributed by atoms with van der Waals surface area (Å²) in [6, 6.07) is 6.39. The van der Waals surface area contributed by atoms with Crippen molar-refractivity contribution in [1.29, 1.82) is 0 Å². The van der Waals surface area contributed by atoms with Crippen LogP contribution in [0, 0.1) is 11.7 Å². The van der Waals surface area contributed by atoms with E-state index < -0.39 is 0 Å². The standard InChI is InChI=1S/C10H13FO/c1-8(7-12)6-9-2-4-10(11)5-3-9/h2-5,8,12H,6-7H2,1H3/t8-/m0/s1. The zero-order valence-electron chi connectivity index (χ0n) is 7.13. The summed E-state index contributed by atoms with van der Waals surface area (Å²) in [6.07, 6.45) is 0.802. The molecule has 12 heavy (non-hydrogen) atoms. The van der Waals surface area contributed by atoms with Gasteiger partial charge in [-0.05, 0) is 30.0 Å². The lowest BCUT2D eigenvalue weighted by molar-refractivity contribution is 0.237. The van der Waals surface area contributed by atoms with Crippen LogP contribution in [0.4, 0.5) is 4.39 Å². The van der Waals surface area contributed by atoms with Crippen molar-refractivity contribution in [2.24, 2.45) is 5.92 Å². The van der Waals surface area contributed by atoms with Gasteiger partial charge in [-0.2, -0.15) is 0 Å². The Bertz CT molecular complexity index is 230. The second-order valence-electron chi connectivity index (χ2n) is 3.12. The Hall–Kier alpha value is -0.890. The average Bonchev–Trinajstić information content (AvgIpc) is 2.09. The highest BCUT2D eigenvalue weighted by Crippen LogP contribution is 2.08. The molecule has 0 saturated carbocycles. The minimum atomic E-state index is -0.213. The molecule has 0 saturated heterocycles. The van der Waals surface area contributed by atoms with Crippen LogP contribution in [0.25, 0.3) is 0 Å². The Morgan fingerprint density at radius 3 is 2.42 bits per heavy atom. The maximum atomic E-state index is 12.5. The minimum absolute atomic E-state index is 0.178. The molecule has 66 valence electrons. The van der Waals surface area contributed by atoms with Crippen molar-refractivity contribution < 1.29 is 9.50 Å². The zero-order chi connectivity index (χ0) is 8.97. The van der Waals surface area contributed by atoms with E-state index in [9.17, 15) is 4.39 Å². The number of halogens is 1. The molecule has 0 bridgehead atoms. The molecule has 0 unspecified atom stereocenters. The van der Waals surface area contributed by atoms with E-state index in [2.05, 4.69) is 0 Å². The van der Waals surface area contributed by atoms with Crippen molar-refractivity contribution in [2.45, 2.75) is 13.3 Å². The lowest BCUT2D eigenvalue weighted by Crippen LogP contribution is -2.04. The third kappa shape index (κ3) is 2.62. The van der Waals surface area contributed by atoms with Crippen molar-refractivity contribution in [2.75, 3.05) is 6.61 Å². The van der Waals surface area contributed by atoms with Crippen LogP contribution in [0.1, 0.15) is 12.5 Å². The molecule has 0 fully saturated rings. The van der Waals surface area contributed by atoms with Crippen LogP contribution >= 0.6 is 0 Å². The first-order chi connectivity index (χ1) is 5.72. The van der Waals surface area contributed by atoms with Gasteiger partial charge in [0.15, 0.2) is 0 Å². The Labute approximate surface area is 71.9 Å². The molecule has 0 amide bonds. The molecule has 0 aliphatic rings. The highest BCUT2D eigenvalue weighted by Gasteiger charge is 2.01. The molecule has 1 aromatic rings. The van der Waals surface area contributed by atoms with E-state index in [1.807, 2.05) is 6.92 Å². The highest BCUT2D eigenvalue weighted by atomic mass is 19.1. The van der Waals surface area contributed by atoms with Gasteiger partial charge in [-0.3, -0.25) is 0 Å². The molecule has 1 N–H and O–H groups in total. The van der Waals surface area contributed by atoms with Crippen LogP contribution in [-0.2, 0) is 6.42 Å². The van der Waals surface area contributed by atoms with Crippen molar-refractivity contribution in [3.63, 3.8) is 0 Å². The fourth-order valence-corrected chi connectivity index (χ4v) is 1.09. The number of hydrogen-bond acceptors (Lipinski definition) is 1. The van der Waals surface area contributed by atoms with Crippen molar-refractivity contribution in [3.8, 4) is 0 Å². The Morgan fingerprint density at radius 2 is 1.92 bits per heavy atom. The third-order valence-electron chi connectivity index (χ3n) is 1.81. The zero-order valence-corrected chi connectivity index (χ0v) is 7.13. The van der Waals surface area contributed by atoms with Gasteiger partial charge in [0.05, 0.1) is 0 Å². The van der Waals surface area contributed by atoms with Gasteiger partial charge in [-0.15, -0.1) is 0 Å². The molecule has 0 aliphatic heterocycles. The van der Waals surface area contributed by atoms with E-state index in [4.69, 9.17) is 5.11 Å². The van der Waals surface area contributed by atoms with E-state index >= 15 is 0 Å². The van der Waals surface area contributed by atoms with Crippen molar-refractivity contribution >= 4 is 0 Å². The first kappa shape index (κ1) is 9.20. The van der Waals surface area contributed by atoms with Gasteiger partial charge in [-0.1, -0.05) is 19.1 Å². The molecule has 0 spiro atoms. The Balaban J connectivity index is 2.58. The van der Waals surface area contributed by atoms with Crippen molar-refractivity contribution in [3.05, 3.63) is 35.6 Å². The highest BCUT2D eigenvalue weighted by molar-refractivity contribution is 5.16. The van der Waals surface area contributed by atoms with Crippen LogP contribution in [-0.4, -0.2) is 11.7 Å². The van der Waals surface area contributed by atoms with Gasteiger partial charge in [0, 0.05) is 6.61 Å². The molecule has 1 aromatic carbocycles. The number of benzene rings is 1. The molecular weight excluding hydrogens is 155 g/mol. The summed E-state index contributed by atoms with van der Waals surface area (Å²) in [7, 11) is 0. The van der Waals surface area contributed by atoms with E-state index in [0.29, 0.717) is 0 Å². The van der Waals surface area contributed by atoms with Crippen LogP contribution in [0.2, 0.25) is 0 Å². The van der Waals surface area contributed by atoms with Gasteiger partial charge in [0.1, 0.15) is 5.82 Å². The van der Waals surface area contributed by atoms with Gasteiger partial charge >= 0.3 is 0 Å². The maximum Gasteiger partial charge on any atom is 0.123 e. The lowest BCUT2D eigenvalue weighted by atomic mass is 10.0. The van der Waals surface area contributed by atoms with Gasteiger partial charge < -0.3 is 5.11 Å². The molecule has 1 atom stereocenters. The molecule has 0 radical (unpaired) electrons. The summed E-state index contributed by atoms with van der Waals surface area (Å²) >= 11 is 0. The normalized spacial score (nSPS) is 12.9. The largest absolute Gasteiger partial charge is 0.396 e. The molecule has 1 rings (SSSR count). The third-order valence-corrected chi connectivity index (χ3v) is 1.81. The second kappa shape index (κ2) is 4.21. The predicted octanol–water partition coefficient (Wildman–Crippen LogP) is 2.00. The fraction of sp³-hybridized carbons (Fsp3) is 0.400. The number of rotatable bonds is 3. The van der Waals surface area contributed by atoms with E-state index in [0.717, 1.165) is 12.0 Å². The number of aliphatic hydroxyl groups is 1. The van der Waals surface area contributed by atoms with E-state index in [-0.39, 0.29) is 18.3 Å². The topological polar surface area (TPSA) is 20.2 Å². The molecule has 2 heteroatoms. The quantitative estimate of drug-likeness (QED) is 0.731. The first-order valence-electron chi connectivity index (χ1n) is 4.07. The number of hydrogen-bond donors (Lipinski definition) is 1. The summed E-state index contributed by atoms with van der Waals surface area (Å²) in [5, 5.41) is 8.78. The molecule has 0 aliphatic carbocycles. The van der Waals surface area contributed by atoms with E-state index in [1.54, 1.807) is 12.1 Å². The SMILES string of the molecule is C[C@H](CO)Cc1ccc(F)cc1. The number of aliphatic hydroxyl groups excluding tert-OH is 1. The van der Waals surface area contributed by atoms with E-state index in [1.165, 1.54) is 12.1 Å². The smallest absolute Gasteiger partial charge is 0.123 e. The Morgan fingerprint density at radius 1 is 1.33 bits per heavy atom. The predicted molar refractivity (Wildman–Crippen MR) is 46.4 cm³/mol. The maximum absolute atomic E-state index is 12.5. The van der Waals surface area contributed by atoms with Crippen LogP contribution in [0.3, 0.4) is 0 Å². The van der Waals surface area contributed by atoms with Crippen molar-refractivity contribution in [1.82, 2.24) is 0 Å². The lowest BCUT2D eigenvalue weighted by Gasteiger charge is -2.06.